The minimum absolute atomic E-state index is 0.924. The lowest BCUT2D eigenvalue weighted by Crippen LogP contribution is -2.35. The Labute approximate surface area is 94.4 Å². The molecule has 2 aliphatic rings. The van der Waals surface area contributed by atoms with E-state index in [1.165, 1.54) is 38.9 Å². The van der Waals surface area contributed by atoms with Gasteiger partial charge in [-0.05, 0) is 39.5 Å². The third kappa shape index (κ3) is 6.13. The van der Waals surface area contributed by atoms with Crippen LogP contribution in [0.25, 0.3) is 0 Å². The molecule has 0 aliphatic carbocycles. The molecule has 15 heavy (non-hydrogen) atoms. The van der Waals surface area contributed by atoms with Crippen molar-refractivity contribution in [1.29, 1.82) is 0 Å². The van der Waals surface area contributed by atoms with Crippen LogP contribution in [0.5, 0.6) is 0 Å². The maximum atomic E-state index is 5.16. The van der Waals surface area contributed by atoms with Gasteiger partial charge >= 0.3 is 0 Å². The van der Waals surface area contributed by atoms with Crippen LogP contribution in [-0.2, 0) is 4.74 Å². The van der Waals surface area contributed by atoms with Gasteiger partial charge in [0.15, 0.2) is 0 Å². The molecule has 3 heteroatoms. The van der Waals surface area contributed by atoms with E-state index in [-0.39, 0.29) is 0 Å². The van der Waals surface area contributed by atoms with Crippen molar-refractivity contribution in [2.45, 2.75) is 26.2 Å². The van der Waals surface area contributed by atoms with Crippen LogP contribution in [-0.4, -0.2) is 62.8 Å². The van der Waals surface area contributed by atoms with Crippen LogP contribution in [0.1, 0.15) is 26.2 Å². The smallest absolute Gasteiger partial charge is 0.0594 e. The minimum atomic E-state index is 0.924. The molecule has 0 atom stereocenters. The van der Waals surface area contributed by atoms with Gasteiger partial charge in [0, 0.05) is 13.1 Å². The average molecular weight is 214 g/mol. The molecule has 0 aromatic heterocycles. The summed E-state index contributed by atoms with van der Waals surface area (Å²) >= 11 is 0. The average Bonchev–Trinajstić information content (AvgIpc) is 2.32. The molecule has 2 aliphatic heterocycles. The first kappa shape index (κ1) is 12.9. The van der Waals surface area contributed by atoms with Crippen LogP contribution in [0.15, 0.2) is 0 Å². The number of hydrogen-bond acceptors (Lipinski definition) is 3. The fraction of sp³-hybridized carbons (Fsp3) is 1.00. The van der Waals surface area contributed by atoms with Crippen molar-refractivity contribution in [3.63, 3.8) is 0 Å². The van der Waals surface area contributed by atoms with Crippen molar-refractivity contribution < 1.29 is 4.74 Å². The zero-order chi connectivity index (χ0) is 10.9. The monoisotopic (exact) mass is 214 g/mol. The number of likely N-dealkylation sites (N-methyl/N-ethyl adjacent to an activating group) is 1. The second-order valence-electron chi connectivity index (χ2n) is 4.41. The van der Waals surface area contributed by atoms with Gasteiger partial charge < -0.3 is 9.64 Å². The zero-order valence-corrected chi connectivity index (χ0v) is 10.4. The third-order valence-corrected chi connectivity index (χ3v) is 3.13. The Morgan fingerprint density at radius 3 is 1.87 bits per heavy atom. The number of rotatable bonds is 1. The van der Waals surface area contributed by atoms with Crippen LogP contribution < -0.4 is 0 Å². The second-order valence-corrected chi connectivity index (χ2v) is 4.41. The Morgan fingerprint density at radius 1 is 0.933 bits per heavy atom. The zero-order valence-electron chi connectivity index (χ0n) is 10.4. The molecule has 0 radical (unpaired) electrons. The molecule has 2 heterocycles. The number of nitrogens with zero attached hydrogens (tertiary/aromatic N) is 2. The first-order valence-corrected chi connectivity index (χ1v) is 6.31. The van der Waals surface area contributed by atoms with E-state index >= 15 is 0 Å². The predicted octanol–water partition coefficient (Wildman–Crippen LogP) is 1.44. The Balaban J connectivity index is 0.000000151. The summed E-state index contributed by atoms with van der Waals surface area (Å²) in [6, 6.07) is 0. The van der Waals surface area contributed by atoms with E-state index in [9.17, 15) is 0 Å². The van der Waals surface area contributed by atoms with Crippen LogP contribution in [0.3, 0.4) is 0 Å². The van der Waals surface area contributed by atoms with Crippen LogP contribution in [0.2, 0.25) is 0 Å². The second kappa shape index (κ2) is 8.08. The number of morpholine rings is 1. The molecule has 0 aromatic carbocycles. The largest absolute Gasteiger partial charge is 0.379 e. The van der Waals surface area contributed by atoms with Crippen molar-refractivity contribution in [3.8, 4) is 0 Å². The first-order chi connectivity index (χ1) is 7.33. The van der Waals surface area contributed by atoms with Crippen molar-refractivity contribution in [2.24, 2.45) is 0 Å². The lowest BCUT2D eigenvalue weighted by atomic mass is 10.1. The van der Waals surface area contributed by atoms with Gasteiger partial charge in [0.2, 0.25) is 0 Å². The highest BCUT2D eigenvalue weighted by Crippen LogP contribution is 2.04. The van der Waals surface area contributed by atoms with Gasteiger partial charge in [-0.25, -0.2) is 0 Å². The number of likely N-dealkylation sites (tertiary alicyclic amines) is 1. The van der Waals surface area contributed by atoms with Gasteiger partial charge in [-0.15, -0.1) is 0 Å². The Morgan fingerprint density at radius 2 is 1.53 bits per heavy atom. The predicted molar refractivity (Wildman–Crippen MR) is 64.3 cm³/mol. The van der Waals surface area contributed by atoms with E-state index in [2.05, 4.69) is 23.8 Å². The molecule has 0 bridgehead atoms. The van der Waals surface area contributed by atoms with E-state index in [4.69, 9.17) is 4.74 Å². The molecule has 0 amide bonds. The van der Waals surface area contributed by atoms with Crippen LogP contribution >= 0.6 is 0 Å². The van der Waals surface area contributed by atoms with Crippen LogP contribution in [0, 0.1) is 0 Å². The van der Waals surface area contributed by atoms with E-state index in [0.29, 0.717) is 0 Å². The highest BCUT2D eigenvalue weighted by atomic mass is 16.5. The Hall–Kier alpha value is -0.120. The highest BCUT2D eigenvalue weighted by Gasteiger charge is 2.05. The van der Waals surface area contributed by atoms with Crippen molar-refractivity contribution in [1.82, 2.24) is 9.80 Å². The topological polar surface area (TPSA) is 15.7 Å². The van der Waals surface area contributed by atoms with Crippen molar-refractivity contribution in [2.75, 3.05) is 53.0 Å². The molecule has 0 saturated carbocycles. The van der Waals surface area contributed by atoms with E-state index in [0.717, 1.165) is 26.3 Å². The van der Waals surface area contributed by atoms with Gasteiger partial charge in [-0.1, -0.05) is 13.3 Å². The summed E-state index contributed by atoms with van der Waals surface area (Å²) in [4.78, 5) is 4.78. The summed E-state index contributed by atoms with van der Waals surface area (Å²) in [7, 11) is 2.19. The number of piperidine rings is 1. The van der Waals surface area contributed by atoms with Crippen molar-refractivity contribution in [3.05, 3.63) is 0 Å². The number of ether oxygens (including phenoxy) is 1. The molecule has 2 fully saturated rings. The molecule has 3 nitrogen and oxygen atoms in total. The van der Waals surface area contributed by atoms with E-state index in [1.54, 1.807) is 0 Å². The number of hydrogen-bond donors (Lipinski definition) is 0. The minimum Gasteiger partial charge on any atom is -0.379 e. The van der Waals surface area contributed by atoms with Crippen LogP contribution in [0.4, 0.5) is 0 Å². The first-order valence-electron chi connectivity index (χ1n) is 6.31. The molecular formula is C12H26N2O. The van der Waals surface area contributed by atoms with E-state index in [1.807, 2.05) is 0 Å². The highest BCUT2D eigenvalue weighted by molar-refractivity contribution is 4.58. The molecule has 2 saturated heterocycles. The quantitative estimate of drug-likeness (QED) is 0.657. The fourth-order valence-corrected chi connectivity index (χ4v) is 1.97. The molecular weight excluding hydrogens is 188 g/mol. The summed E-state index contributed by atoms with van der Waals surface area (Å²) in [5.41, 5.74) is 0. The maximum absolute atomic E-state index is 5.16. The lowest BCUT2D eigenvalue weighted by molar-refractivity contribution is 0.0405. The normalized spacial score (nSPS) is 24.4. The molecule has 90 valence electrons. The van der Waals surface area contributed by atoms with Gasteiger partial charge in [-0.3, -0.25) is 4.90 Å². The summed E-state index contributed by atoms with van der Waals surface area (Å²) < 4.78 is 5.16. The Kier molecular flexibility index (Phi) is 6.98. The molecule has 0 aromatic rings. The third-order valence-electron chi connectivity index (χ3n) is 3.13. The van der Waals surface area contributed by atoms with Crippen molar-refractivity contribution >= 4 is 0 Å². The lowest BCUT2D eigenvalue weighted by Gasteiger charge is -2.24. The summed E-state index contributed by atoms with van der Waals surface area (Å²) in [6.07, 6.45) is 4.28. The Bertz CT molecular complexity index is 141. The van der Waals surface area contributed by atoms with Gasteiger partial charge in [0.1, 0.15) is 0 Å². The molecule has 0 N–H and O–H groups in total. The summed E-state index contributed by atoms with van der Waals surface area (Å²) in [5, 5.41) is 0. The maximum Gasteiger partial charge on any atom is 0.0594 e. The SMILES string of the molecule is CCN1CCOCC1.CN1CCCCC1. The fourth-order valence-electron chi connectivity index (χ4n) is 1.97. The van der Waals surface area contributed by atoms with Gasteiger partial charge in [0.25, 0.3) is 0 Å². The van der Waals surface area contributed by atoms with E-state index < -0.39 is 0 Å². The molecule has 0 unspecified atom stereocenters. The van der Waals surface area contributed by atoms with Gasteiger partial charge in [0.05, 0.1) is 13.2 Å². The summed E-state index contributed by atoms with van der Waals surface area (Å²) in [6.45, 7) is 10.1. The molecule has 0 spiro atoms. The van der Waals surface area contributed by atoms with Gasteiger partial charge in [-0.2, -0.15) is 0 Å². The standard InChI is InChI=1S/C6H13NO.C6H13N/c1-2-7-3-5-8-6-4-7;1-7-5-3-2-4-6-7/h2-6H2,1H3;2-6H2,1H3. The molecule has 2 rings (SSSR count). The summed E-state index contributed by atoms with van der Waals surface area (Å²) in [5.74, 6) is 0.